The van der Waals surface area contributed by atoms with Crippen LogP contribution < -0.4 is 5.11 Å². The molecule has 1 aliphatic carbocycles. The quantitative estimate of drug-likeness (QED) is 0.625. The molecule has 2 aromatic carbocycles. The molecule has 0 spiro atoms. The lowest BCUT2D eigenvalue weighted by atomic mass is 9.95. The SMILES string of the molecule is N#Cc1c(SCc2ccc(C(=O)[O-])cc2)nc2c(c1-c1ccccc1)CCC2. The van der Waals surface area contributed by atoms with Crippen molar-refractivity contribution in [2.45, 2.75) is 30.0 Å². The highest BCUT2D eigenvalue weighted by molar-refractivity contribution is 7.98. The van der Waals surface area contributed by atoms with Crippen LogP contribution in [0.1, 0.15) is 39.2 Å². The maximum absolute atomic E-state index is 10.9. The Morgan fingerprint density at radius 1 is 1.11 bits per heavy atom. The van der Waals surface area contributed by atoms with Gasteiger partial charge in [-0.1, -0.05) is 54.6 Å². The Labute approximate surface area is 167 Å². The Bertz CT molecular complexity index is 1070. The van der Waals surface area contributed by atoms with Gasteiger partial charge in [0.2, 0.25) is 0 Å². The summed E-state index contributed by atoms with van der Waals surface area (Å²) in [6, 6.07) is 19.1. The van der Waals surface area contributed by atoms with E-state index in [4.69, 9.17) is 4.98 Å². The smallest absolute Gasteiger partial charge is 0.115 e. The monoisotopic (exact) mass is 385 g/mol. The number of thioether (sulfide) groups is 1. The largest absolute Gasteiger partial charge is 0.545 e. The highest BCUT2D eigenvalue weighted by atomic mass is 32.2. The van der Waals surface area contributed by atoms with Gasteiger partial charge in [-0.15, -0.1) is 11.8 Å². The van der Waals surface area contributed by atoms with Gasteiger partial charge in [0.1, 0.15) is 11.1 Å². The first-order chi connectivity index (χ1) is 13.7. The first-order valence-corrected chi connectivity index (χ1v) is 10.1. The fourth-order valence-corrected chi connectivity index (χ4v) is 4.54. The maximum Gasteiger partial charge on any atom is 0.115 e. The second kappa shape index (κ2) is 7.87. The lowest BCUT2D eigenvalue weighted by Crippen LogP contribution is -2.21. The minimum absolute atomic E-state index is 0.161. The van der Waals surface area contributed by atoms with Gasteiger partial charge in [-0.05, 0) is 41.5 Å². The summed E-state index contributed by atoms with van der Waals surface area (Å²) in [7, 11) is 0. The Hall–Kier alpha value is -3.10. The highest BCUT2D eigenvalue weighted by Gasteiger charge is 2.24. The number of aromatic carboxylic acids is 1. The third kappa shape index (κ3) is 3.51. The molecule has 0 aliphatic heterocycles. The van der Waals surface area contributed by atoms with E-state index < -0.39 is 5.97 Å². The Kier molecular flexibility index (Phi) is 5.14. The van der Waals surface area contributed by atoms with Crippen LogP contribution in [0.25, 0.3) is 11.1 Å². The first-order valence-electron chi connectivity index (χ1n) is 9.11. The number of aromatic nitrogens is 1. The minimum atomic E-state index is -1.18. The van der Waals surface area contributed by atoms with Crippen LogP contribution in [0.5, 0.6) is 0 Å². The molecule has 1 aromatic heterocycles. The fourth-order valence-electron chi connectivity index (χ4n) is 3.58. The predicted molar refractivity (Wildman–Crippen MR) is 107 cm³/mol. The summed E-state index contributed by atoms with van der Waals surface area (Å²) in [6.45, 7) is 0. The Morgan fingerprint density at radius 2 is 1.86 bits per heavy atom. The summed E-state index contributed by atoms with van der Waals surface area (Å²) >= 11 is 1.52. The minimum Gasteiger partial charge on any atom is -0.545 e. The molecule has 28 heavy (non-hydrogen) atoms. The molecule has 0 N–H and O–H groups in total. The molecule has 1 heterocycles. The second-order valence-corrected chi connectivity index (χ2v) is 7.66. The molecule has 0 saturated carbocycles. The van der Waals surface area contributed by atoms with Gasteiger partial charge < -0.3 is 9.90 Å². The van der Waals surface area contributed by atoms with Crippen molar-refractivity contribution < 1.29 is 9.90 Å². The van der Waals surface area contributed by atoms with Crippen LogP contribution in [0.3, 0.4) is 0 Å². The maximum atomic E-state index is 10.9. The summed E-state index contributed by atoms with van der Waals surface area (Å²) in [5, 5.41) is 21.5. The number of carbonyl (C=O) groups excluding carboxylic acids is 1. The third-order valence-electron chi connectivity index (χ3n) is 4.93. The van der Waals surface area contributed by atoms with Crippen LogP contribution in [-0.2, 0) is 18.6 Å². The van der Waals surface area contributed by atoms with E-state index in [0.717, 1.165) is 46.7 Å². The third-order valence-corrected chi connectivity index (χ3v) is 5.98. The van der Waals surface area contributed by atoms with Crippen LogP contribution in [0.15, 0.2) is 59.6 Å². The van der Waals surface area contributed by atoms with Crippen molar-refractivity contribution in [2.75, 3.05) is 0 Å². The van der Waals surface area contributed by atoms with Crippen molar-refractivity contribution in [3.05, 3.63) is 82.5 Å². The average molecular weight is 385 g/mol. The van der Waals surface area contributed by atoms with Crippen LogP contribution >= 0.6 is 11.8 Å². The van der Waals surface area contributed by atoms with Crippen molar-refractivity contribution in [3.8, 4) is 17.2 Å². The van der Waals surface area contributed by atoms with Crippen LogP contribution in [0, 0.1) is 11.3 Å². The van der Waals surface area contributed by atoms with E-state index in [1.807, 2.05) is 30.3 Å². The number of benzene rings is 2. The van der Waals surface area contributed by atoms with Gasteiger partial charge in [0.25, 0.3) is 0 Å². The molecule has 0 fully saturated rings. The van der Waals surface area contributed by atoms with E-state index in [1.54, 1.807) is 24.3 Å². The molecule has 0 bridgehead atoms. The molecule has 0 amide bonds. The van der Waals surface area contributed by atoms with Crippen LogP contribution in [0.4, 0.5) is 0 Å². The van der Waals surface area contributed by atoms with E-state index in [-0.39, 0.29) is 5.56 Å². The van der Waals surface area contributed by atoms with Gasteiger partial charge in [0, 0.05) is 17.0 Å². The summed E-state index contributed by atoms with van der Waals surface area (Å²) in [5.41, 5.74) is 6.12. The van der Waals surface area contributed by atoms with Crippen molar-refractivity contribution in [2.24, 2.45) is 0 Å². The number of hydrogen-bond donors (Lipinski definition) is 0. The number of nitriles is 1. The number of carboxylic acid groups (broad SMARTS) is 1. The number of fused-ring (bicyclic) bond motifs is 1. The molecule has 4 rings (SSSR count). The van der Waals surface area contributed by atoms with Crippen molar-refractivity contribution in [1.29, 1.82) is 5.26 Å². The van der Waals surface area contributed by atoms with Gasteiger partial charge >= 0.3 is 0 Å². The zero-order chi connectivity index (χ0) is 19.5. The molecule has 5 heteroatoms. The standard InChI is InChI=1S/C23H18N2O2S/c24-13-19-21(16-5-2-1-3-6-16)18-7-4-8-20(18)25-22(19)28-14-15-9-11-17(12-10-15)23(26)27/h1-3,5-6,9-12H,4,7-8,14H2,(H,26,27)/p-1. The van der Waals surface area contributed by atoms with Gasteiger partial charge in [-0.2, -0.15) is 5.26 Å². The number of hydrogen-bond acceptors (Lipinski definition) is 5. The summed E-state index contributed by atoms with van der Waals surface area (Å²) in [4.78, 5) is 15.7. The molecule has 3 aromatic rings. The number of carboxylic acids is 1. The van der Waals surface area contributed by atoms with E-state index in [9.17, 15) is 15.2 Å². The van der Waals surface area contributed by atoms with Crippen LogP contribution in [0.2, 0.25) is 0 Å². The lowest BCUT2D eigenvalue weighted by Gasteiger charge is -2.14. The summed E-state index contributed by atoms with van der Waals surface area (Å²) in [6.07, 6.45) is 2.96. The number of pyridine rings is 1. The van der Waals surface area contributed by atoms with Crippen molar-refractivity contribution in [3.63, 3.8) is 0 Å². The Balaban J connectivity index is 1.70. The summed E-state index contributed by atoms with van der Waals surface area (Å²) < 4.78 is 0. The van der Waals surface area contributed by atoms with E-state index >= 15 is 0 Å². The number of nitrogens with zero attached hydrogens (tertiary/aromatic N) is 2. The van der Waals surface area contributed by atoms with Crippen molar-refractivity contribution >= 4 is 17.7 Å². The van der Waals surface area contributed by atoms with Gasteiger partial charge in [-0.25, -0.2) is 4.98 Å². The molecule has 0 radical (unpaired) electrons. The Morgan fingerprint density at radius 3 is 2.54 bits per heavy atom. The molecular formula is C23H17N2O2S-. The van der Waals surface area contributed by atoms with E-state index in [0.29, 0.717) is 11.3 Å². The molecular weight excluding hydrogens is 368 g/mol. The molecule has 1 aliphatic rings. The fraction of sp³-hybridized carbons (Fsp3) is 0.174. The van der Waals surface area contributed by atoms with Crippen molar-refractivity contribution in [1.82, 2.24) is 4.98 Å². The van der Waals surface area contributed by atoms with E-state index in [1.165, 1.54) is 17.3 Å². The number of carbonyl (C=O) groups is 1. The molecule has 4 nitrogen and oxygen atoms in total. The van der Waals surface area contributed by atoms with E-state index in [2.05, 4.69) is 6.07 Å². The molecule has 0 atom stereocenters. The first kappa shape index (κ1) is 18.3. The normalized spacial score (nSPS) is 12.4. The zero-order valence-corrected chi connectivity index (χ0v) is 16.0. The molecule has 138 valence electrons. The molecule has 0 saturated heterocycles. The predicted octanol–water partition coefficient (Wildman–Crippen LogP) is 3.76. The lowest BCUT2D eigenvalue weighted by molar-refractivity contribution is -0.255. The topological polar surface area (TPSA) is 76.8 Å². The second-order valence-electron chi connectivity index (χ2n) is 6.70. The summed E-state index contributed by atoms with van der Waals surface area (Å²) in [5.74, 6) is -0.569. The molecule has 0 unspecified atom stereocenters. The van der Waals surface area contributed by atoms with Gasteiger partial charge in [0.05, 0.1) is 11.5 Å². The number of aryl methyl sites for hydroxylation is 1. The zero-order valence-electron chi connectivity index (χ0n) is 15.1. The number of rotatable bonds is 5. The highest BCUT2D eigenvalue weighted by Crippen LogP contribution is 2.39. The average Bonchev–Trinajstić information content (AvgIpc) is 3.20. The van der Waals surface area contributed by atoms with Gasteiger partial charge in [-0.3, -0.25) is 0 Å². The van der Waals surface area contributed by atoms with Crippen LogP contribution in [-0.4, -0.2) is 11.0 Å². The van der Waals surface area contributed by atoms with Gasteiger partial charge in [0.15, 0.2) is 0 Å².